The smallest absolute Gasteiger partial charge is 0.251 e. The predicted molar refractivity (Wildman–Crippen MR) is 113 cm³/mol. The van der Waals surface area contributed by atoms with Gasteiger partial charge in [-0.05, 0) is 56.0 Å². The van der Waals surface area contributed by atoms with Crippen molar-refractivity contribution in [2.24, 2.45) is 0 Å². The summed E-state index contributed by atoms with van der Waals surface area (Å²) in [5.41, 5.74) is 2.02. The van der Waals surface area contributed by atoms with E-state index in [1.807, 2.05) is 31.2 Å². The van der Waals surface area contributed by atoms with Crippen molar-refractivity contribution in [2.45, 2.75) is 38.0 Å². The maximum atomic E-state index is 13.0. The van der Waals surface area contributed by atoms with Crippen LogP contribution in [0.3, 0.4) is 0 Å². The average molecular weight is 417 g/mol. The SMILES string of the molecule is Cc1ccccc1OCCNC(=O)c1ccc(C)c(S(=O)(=O)N2CCCCC2)c1. The van der Waals surface area contributed by atoms with Gasteiger partial charge in [-0.3, -0.25) is 4.79 Å². The molecule has 0 radical (unpaired) electrons. The van der Waals surface area contributed by atoms with Gasteiger partial charge < -0.3 is 10.1 Å². The standard InChI is InChI=1S/C22H28N2O4S/c1-17-8-4-5-9-20(17)28-15-12-23-22(25)19-11-10-18(2)21(16-19)29(26,27)24-13-6-3-7-14-24/h4-5,8-11,16H,3,6-7,12-15H2,1-2H3,(H,23,25). The van der Waals surface area contributed by atoms with Gasteiger partial charge in [0.25, 0.3) is 5.91 Å². The van der Waals surface area contributed by atoms with E-state index in [9.17, 15) is 13.2 Å². The van der Waals surface area contributed by atoms with Gasteiger partial charge in [-0.15, -0.1) is 0 Å². The first-order valence-corrected chi connectivity index (χ1v) is 11.4. The normalized spacial score (nSPS) is 15.1. The summed E-state index contributed by atoms with van der Waals surface area (Å²) < 4.78 is 33.2. The van der Waals surface area contributed by atoms with Gasteiger partial charge in [-0.25, -0.2) is 8.42 Å². The molecule has 1 heterocycles. The van der Waals surface area contributed by atoms with E-state index >= 15 is 0 Å². The first kappa shape index (κ1) is 21.3. The average Bonchev–Trinajstić information content (AvgIpc) is 2.73. The summed E-state index contributed by atoms with van der Waals surface area (Å²) in [6.07, 6.45) is 2.80. The van der Waals surface area contributed by atoms with E-state index in [0.717, 1.165) is 30.6 Å². The number of rotatable bonds is 7. The molecule has 3 rings (SSSR count). The molecule has 0 spiro atoms. The molecule has 0 atom stereocenters. The van der Waals surface area contributed by atoms with Crippen LogP contribution in [-0.2, 0) is 10.0 Å². The number of hydrogen-bond donors (Lipinski definition) is 1. The number of nitrogens with one attached hydrogen (secondary N) is 1. The molecule has 1 fully saturated rings. The van der Waals surface area contributed by atoms with Crippen molar-refractivity contribution >= 4 is 15.9 Å². The van der Waals surface area contributed by atoms with Gasteiger partial charge in [0.1, 0.15) is 12.4 Å². The van der Waals surface area contributed by atoms with E-state index in [1.165, 1.54) is 10.4 Å². The van der Waals surface area contributed by atoms with Gasteiger partial charge in [-0.2, -0.15) is 4.31 Å². The zero-order valence-electron chi connectivity index (χ0n) is 17.0. The highest BCUT2D eigenvalue weighted by molar-refractivity contribution is 7.89. The van der Waals surface area contributed by atoms with Crippen LogP contribution in [0.15, 0.2) is 47.4 Å². The van der Waals surface area contributed by atoms with Crippen LogP contribution in [0.4, 0.5) is 0 Å². The zero-order valence-corrected chi connectivity index (χ0v) is 17.8. The minimum atomic E-state index is -3.59. The number of carbonyl (C=O) groups is 1. The Labute approximate surface area is 172 Å². The van der Waals surface area contributed by atoms with Crippen LogP contribution in [0, 0.1) is 13.8 Å². The van der Waals surface area contributed by atoms with Crippen LogP contribution < -0.4 is 10.1 Å². The van der Waals surface area contributed by atoms with Crippen LogP contribution in [-0.4, -0.2) is 44.9 Å². The largest absolute Gasteiger partial charge is 0.491 e. The monoisotopic (exact) mass is 416 g/mol. The number of piperidine rings is 1. The third kappa shape index (κ3) is 5.16. The second kappa shape index (κ2) is 9.41. The number of ether oxygens (including phenoxy) is 1. The van der Waals surface area contributed by atoms with Crippen LogP contribution in [0.2, 0.25) is 0 Å². The van der Waals surface area contributed by atoms with Gasteiger partial charge in [0, 0.05) is 18.7 Å². The number of sulfonamides is 1. The summed E-state index contributed by atoms with van der Waals surface area (Å²) in [6, 6.07) is 12.5. The van der Waals surface area contributed by atoms with E-state index in [4.69, 9.17) is 4.74 Å². The third-order valence-electron chi connectivity index (χ3n) is 5.12. The summed E-state index contributed by atoms with van der Waals surface area (Å²) in [6.45, 7) is 5.46. The van der Waals surface area contributed by atoms with Gasteiger partial charge in [0.05, 0.1) is 11.4 Å². The summed E-state index contributed by atoms with van der Waals surface area (Å²) in [4.78, 5) is 12.7. The van der Waals surface area contributed by atoms with E-state index in [0.29, 0.717) is 37.4 Å². The molecule has 0 aliphatic carbocycles. The molecule has 0 saturated carbocycles. The van der Waals surface area contributed by atoms with Crippen LogP contribution in [0.1, 0.15) is 40.7 Å². The Morgan fingerprint density at radius 1 is 1.03 bits per heavy atom. The Morgan fingerprint density at radius 2 is 1.76 bits per heavy atom. The van der Waals surface area contributed by atoms with Crippen molar-refractivity contribution in [3.05, 3.63) is 59.2 Å². The molecular formula is C22H28N2O4S. The highest BCUT2D eigenvalue weighted by atomic mass is 32.2. The number of para-hydroxylation sites is 1. The predicted octanol–water partition coefficient (Wildman–Crippen LogP) is 3.29. The number of aryl methyl sites for hydroxylation is 2. The number of hydrogen-bond acceptors (Lipinski definition) is 4. The molecule has 0 bridgehead atoms. The fourth-order valence-corrected chi connectivity index (χ4v) is 5.18. The van der Waals surface area contributed by atoms with Crippen LogP contribution in [0.25, 0.3) is 0 Å². The lowest BCUT2D eigenvalue weighted by Crippen LogP contribution is -2.36. The lowest BCUT2D eigenvalue weighted by atomic mass is 10.1. The second-order valence-electron chi connectivity index (χ2n) is 7.31. The number of amides is 1. The van der Waals surface area contributed by atoms with E-state index in [1.54, 1.807) is 19.1 Å². The molecule has 29 heavy (non-hydrogen) atoms. The van der Waals surface area contributed by atoms with Crippen molar-refractivity contribution in [1.82, 2.24) is 9.62 Å². The highest BCUT2D eigenvalue weighted by Gasteiger charge is 2.28. The van der Waals surface area contributed by atoms with Crippen molar-refractivity contribution in [3.63, 3.8) is 0 Å². The number of nitrogens with zero attached hydrogens (tertiary/aromatic N) is 1. The Hall–Kier alpha value is -2.38. The Morgan fingerprint density at radius 3 is 2.48 bits per heavy atom. The van der Waals surface area contributed by atoms with Gasteiger partial charge in [0.15, 0.2) is 0 Å². The molecule has 0 aromatic heterocycles. The number of benzene rings is 2. The lowest BCUT2D eigenvalue weighted by Gasteiger charge is -2.26. The molecule has 1 aliphatic heterocycles. The maximum Gasteiger partial charge on any atom is 0.251 e. The summed E-state index contributed by atoms with van der Waals surface area (Å²) in [7, 11) is -3.59. The molecule has 156 valence electrons. The first-order valence-electron chi connectivity index (χ1n) is 9.97. The molecular weight excluding hydrogens is 388 g/mol. The van der Waals surface area contributed by atoms with Gasteiger partial charge in [0.2, 0.25) is 10.0 Å². The topological polar surface area (TPSA) is 75.7 Å². The van der Waals surface area contributed by atoms with E-state index < -0.39 is 10.0 Å². The van der Waals surface area contributed by atoms with Crippen molar-refractivity contribution < 1.29 is 17.9 Å². The van der Waals surface area contributed by atoms with Crippen molar-refractivity contribution in [1.29, 1.82) is 0 Å². The molecule has 1 aliphatic rings. The minimum absolute atomic E-state index is 0.211. The fraction of sp³-hybridized carbons (Fsp3) is 0.409. The molecule has 1 saturated heterocycles. The highest BCUT2D eigenvalue weighted by Crippen LogP contribution is 2.24. The molecule has 0 unspecified atom stereocenters. The lowest BCUT2D eigenvalue weighted by molar-refractivity contribution is 0.0946. The summed E-state index contributed by atoms with van der Waals surface area (Å²) in [5.74, 6) is 0.473. The zero-order chi connectivity index (χ0) is 20.9. The van der Waals surface area contributed by atoms with E-state index in [2.05, 4.69) is 5.32 Å². The Kier molecular flexibility index (Phi) is 6.92. The molecule has 1 N–H and O–H groups in total. The summed E-state index contributed by atoms with van der Waals surface area (Å²) >= 11 is 0. The fourth-order valence-electron chi connectivity index (χ4n) is 3.41. The van der Waals surface area contributed by atoms with Crippen LogP contribution in [0.5, 0.6) is 5.75 Å². The minimum Gasteiger partial charge on any atom is -0.491 e. The molecule has 7 heteroatoms. The maximum absolute atomic E-state index is 13.0. The van der Waals surface area contributed by atoms with Crippen molar-refractivity contribution in [2.75, 3.05) is 26.2 Å². The van der Waals surface area contributed by atoms with Crippen molar-refractivity contribution in [3.8, 4) is 5.75 Å². The molecule has 6 nitrogen and oxygen atoms in total. The molecule has 2 aromatic carbocycles. The molecule has 2 aromatic rings. The quantitative estimate of drug-likeness (QED) is 0.703. The van der Waals surface area contributed by atoms with Gasteiger partial charge >= 0.3 is 0 Å². The first-order chi connectivity index (χ1) is 13.9. The molecule has 1 amide bonds. The van der Waals surface area contributed by atoms with Crippen LogP contribution >= 0.6 is 0 Å². The Bertz CT molecular complexity index is 967. The third-order valence-corrected chi connectivity index (χ3v) is 7.16. The number of carbonyl (C=O) groups excluding carboxylic acids is 1. The summed E-state index contributed by atoms with van der Waals surface area (Å²) in [5, 5.41) is 2.79. The van der Waals surface area contributed by atoms with Gasteiger partial charge in [-0.1, -0.05) is 30.7 Å². The Balaban J connectivity index is 1.64. The van der Waals surface area contributed by atoms with E-state index in [-0.39, 0.29) is 10.8 Å². The second-order valence-corrected chi connectivity index (χ2v) is 9.22.